The zero-order valence-electron chi connectivity index (χ0n) is 13.3. The first-order valence-corrected chi connectivity index (χ1v) is 8.17. The maximum atomic E-state index is 10.6. The van der Waals surface area contributed by atoms with Crippen LogP contribution < -0.4 is 4.90 Å². The summed E-state index contributed by atoms with van der Waals surface area (Å²) in [6.45, 7) is 3.97. The molecule has 2 heterocycles. The van der Waals surface area contributed by atoms with E-state index in [0.717, 1.165) is 48.0 Å². The van der Waals surface area contributed by atoms with Gasteiger partial charge in [-0.25, -0.2) is 0 Å². The molecule has 1 unspecified atom stereocenters. The van der Waals surface area contributed by atoms with Crippen LogP contribution in [0.4, 0.5) is 5.69 Å². The molecule has 3 aromatic rings. The highest BCUT2D eigenvalue weighted by Gasteiger charge is 2.20. The standard InChI is InChI=1S/C19H21N3O/c1-13-10-17-15(12-20-21-17)11-16(13)19(23)7-9-22-8-6-14-4-2-3-5-18(14)22/h2-5,10-12,19,23H,6-9H2,1H3,(H,20,21). The van der Waals surface area contributed by atoms with Crippen molar-refractivity contribution in [3.05, 3.63) is 59.3 Å². The Morgan fingerprint density at radius 1 is 1.30 bits per heavy atom. The van der Waals surface area contributed by atoms with E-state index in [0.29, 0.717) is 0 Å². The molecule has 0 aliphatic carbocycles. The largest absolute Gasteiger partial charge is 0.388 e. The molecule has 0 fully saturated rings. The third kappa shape index (κ3) is 2.59. The topological polar surface area (TPSA) is 52.1 Å². The van der Waals surface area contributed by atoms with Crippen LogP contribution in [0.25, 0.3) is 10.9 Å². The van der Waals surface area contributed by atoms with Crippen molar-refractivity contribution in [1.82, 2.24) is 10.2 Å². The molecule has 4 rings (SSSR count). The third-order valence-electron chi connectivity index (χ3n) is 4.84. The lowest BCUT2D eigenvalue weighted by Crippen LogP contribution is -2.23. The maximum Gasteiger partial charge on any atom is 0.0809 e. The van der Waals surface area contributed by atoms with Crippen LogP contribution in [0.2, 0.25) is 0 Å². The summed E-state index contributed by atoms with van der Waals surface area (Å²) in [6, 6.07) is 12.7. The van der Waals surface area contributed by atoms with Crippen LogP contribution in [-0.2, 0) is 6.42 Å². The number of fused-ring (bicyclic) bond motifs is 2. The molecule has 0 saturated carbocycles. The number of rotatable bonds is 4. The van der Waals surface area contributed by atoms with E-state index >= 15 is 0 Å². The summed E-state index contributed by atoms with van der Waals surface area (Å²) in [5, 5.41) is 18.7. The number of para-hydroxylation sites is 1. The molecule has 1 aromatic heterocycles. The van der Waals surface area contributed by atoms with Gasteiger partial charge in [-0.05, 0) is 54.7 Å². The minimum Gasteiger partial charge on any atom is -0.388 e. The minimum atomic E-state index is -0.443. The number of aryl methyl sites for hydroxylation is 1. The summed E-state index contributed by atoms with van der Waals surface area (Å²) in [5.74, 6) is 0. The number of aliphatic hydroxyl groups is 1. The lowest BCUT2D eigenvalue weighted by Gasteiger charge is -2.22. The molecular formula is C19H21N3O. The maximum absolute atomic E-state index is 10.6. The van der Waals surface area contributed by atoms with Crippen molar-refractivity contribution in [3.63, 3.8) is 0 Å². The van der Waals surface area contributed by atoms with Crippen LogP contribution in [0.3, 0.4) is 0 Å². The molecule has 118 valence electrons. The summed E-state index contributed by atoms with van der Waals surface area (Å²) in [6.07, 6.45) is 3.20. The summed E-state index contributed by atoms with van der Waals surface area (Å²) < 4.78 is 0. The Morgan fingerprint density at radius 3 is 3.09 bits per heavy atom. The van der Waals surface area contributed by atoms with E-state index in [9.17, 15) is 5.11 Å². The minimum absolute atomic E-state index is 0.443. The first-order valence-electron chi connectivity index (χ1n) is 8.17. The van der Waals surface area contributed by atoms with Gasteiger partial charge in [-0.1, -0.05) is 18.2 Å². The van der Waals surface area contributed by atoms with Gasteiger partial charge in [-0.2, -0.15) is 5.10 Å². The van der Waals surface area contributed by atoms with Crippen molar-refractivity contribution < 1.29 is 5.11 Å². The van der Waals surface area contributed by atoms with Crippen LogP contribution in [0.1, 0.15) is 29.2 Å². The van der Waals surface area contributed by atoms with E-state index in [1.54, 1.807) is 0 Å². The van der Waals surface area contributed by atoms with Gasteiger partial charge >= 0.3 is 0 Å². The zero-order valence-corrected chi connectivity index (χ0v) is 13.3. The average molecular weight is 307 g/mol. The predicted molar refractivity (Wildman–Crippen MR) is 92.8 cm³/mol. The van der Waals surface area contributed by atoms with Crippen LogP contribution in [0, 0.1) is 6.92 Å². The molecule has 23 heavy (non-hydrogen) atoms. The Bertz CT molecular complexity index is 840. The summed E-state index contributed by atoms with van der Waals surface area (Å²) in [5.41, 5.74) is 5.87. The third-order valence-corrected chi connectivity index (χ3v) is 4.84. The lowest BCUT2D eigenvalue weighted by atomic mass is 9.99. The summed E-state index contributed by atoms with van der Waals surface area (Å²) in [4.78, 5) is 2.38. The normalized spacial score (nSPS) is 15.1. The zero-order chi connectivity index (χ0) is 15.8. The highest BCUT2D eigenvalue weighted by molar-refractivity contribution is 5.79. The Balaban J connectivity index is 1.49. The molecule has 4 nitrogen and oxygen atoms in total. The van der Waals surface area contributed by atoms with E-state index in [1.807, 2.05) is 13.1 Å². The second-order valence-electron chi connectivity index (χ2n) is 6.34. The molecule has 0 radical (unpaired) electrons. The molecule has 1 aliphatic heterocycles. The summed E-state index contributed by atoms with van der Waals surface area (Å²) >= 11 is 0. The number of benzene rings is 2. The molecule has 4 heteroatoms. The summed E-state index contributed by atoms with van der Waals surface area (Å²) in [7, 11) is 0. The van der Waals surface area contributed by atoms with Crippen molar-refractivity contribution in [2.75, 3.05) is 18.0 Å². The SMILES string of the molecule is Cc1cc2[nH]ncc2cc1C(O)CCN1CCc2ccccc21. The highest BCUT2D eigenvalue weighted by atomic mass is 16.3. The number of nitrogens with zero attached hydrogens (tertiary/aromatic N) is 2. The van der Waals surface area contributed by atoms with Crippen LogP contribution in [0.15, 0.2) is 42.6 Å². The second kappa shape index (κ2) is 5.70. The fourth-order valence-electron chi connectivity index (χ4n) is 3.55. The number of H-pyrrole nitrogens is 1. The number of aromatic nitrogens is 2. The first kappa shape index (κ1) is 14.3. The number of anilines is 1. The molecule has 1 aliphatic rings. The number of hydrogen-bond acceptors (Lipinski definition) is 3. The molecule has 1 atom stereocenters. The highest BCUT2D eigenvalue weighted by Crippen LogP contribution is 2.30. The van der Waals surface area contributed by atoms with Gasteiger partial charge in [0.05, 0.1) is 17.8 Å². The quantitative estimate of drug-likeness (QED) is 0.777. The van der Waals surface area contributed by atoms with Gasteiger partial charge in [0.25, 0.3) is 0 Å². The molecule has 2 N–H and O–H groups in total. The van der Waals surface area contributed by atoms with Gasteiger partial charge in [0.1, 0.15) is 0 Å². The van der Waals surface area contributed by atoms with Gasteiger partial charge in [-0.15, -0.1) is 0 Å². The monoisotopic (exact) mass is 307 g/mol. The van der Waals surface area contributed by atoms with E-state index in [-0.39, 0.29) is 0 Å². The Hall–Kier alpha value is -2.33. The van der Waals surface area contributed by atoms with E-state index < -0.39 is 6.10 Å². The van der Waals surface area contributed by atoms with Crippen LogP contribution >= 0.6 is 0 Å². The fourth-order valence-corrected chi connectivity index (χ4v) is 3.55. The molecule has 0 saturated heterocycles. The number of aliphatic hydroxyl groups excluding tert-OH is 1. The van der Waals surface area contributed by atoms with Gasteiger partial charge in [-0.3, -0.25) is 5.10 Å². The van der Waals surface area contributed by atoms with Crippen LogP contribution in [0.5, 0.6) is 0 Å². The fraction of sp³-hybridized carbons (Fsp3) is 0.316. The van der Waals surface area contributed by atoms with E-state index in [2.05, 4.69) is 51.5 Å². The lowest BCUT2D eigenvalue weighted by molar-refractivity contribution is 0.169. The van der Waals surface area contributed by atoms with Crippen LogP contribution in [-0.4, -0.2) is 28.4 Å². The van der Waals surface area contributed by atoms with Crippen molar-refractivity contribution in [2.24, 2.45) is 0 Å². The van der Waals surface area contributed by atoms with Gasteiger partial charge in [0.15, 0.2) is 0 Å². The number of nitrogens with one attached hydrogen (secondary N) is 1. The van der Waals surface area contributed by atoms with E-state index in [1.165, 1.54) is 11.3 Å². The molecular weight excluding hydrogens is 286 g/mol. The van der Waals surface area contributed by atoms with Crippen molar-refractivity contribution in [2.45, 2.75) is 25.9 Å². The average Bonchev–Trinajstić information content (AvgIpc) is 3.18. The van der Waals surface area contributed by atoms with Crippen molar-refractivity contribution in [1.29, 1.82) is 0 Å². The Morgan fingerprint density at radius 2 is 2.17 bits per heavy atom. The van der Waals surface area contributed by atoms with Gasteiger partial charge < -0.3 is 10.0 Å². The molecule has 0 bridgehead atoms. The Kier molecular flexibility index (Phi) is 3.54. The van der Waals surface area contributed by atoms with Crippen molar-refractivity contribution in [3.8, 4) is 0 Å². The van der Waals surface area contributed by atoms with Gasteiger partial charge in [0, 0.05) is 24.2 Å². The molecule has 0 amide bonds. The van der Waals surface area contributed by atoms with Gasteiger partial charge in [0.2, 0.25) is 0 Å². The first-order chi connectivity index (χ1) is 11.2. The smallest absolute Gasteiger partial charge is 0.0809 e. The Labute approximate surface area is 135 Å². The number of hydrogen-bond donors (Lipinski definition) is 2. The number of aromatic amines is 1. The second-order valence-corrected chi connectivity index (χ2v) is 6.34. The molecule has 0 spiro atoms. The van der Waals surface area contributed by atoms with Crippen molar-refractivity contribution >= 4 is 16.6 Å². The van der Waals surface area contributed by atoms with E-state index in [4.69, 9.17) is 0 Å². The molecule has 2 aromatic carbocycles. The predicted octanol–water partition coefficient (Wildman–Crippen LogP) is 3.36.